The van der Waals surface area contributed by atoms with Gasteiger partial charge in [-0.25, -0.2) is 8.42 Å². The van der Waals surface area contributed by atoms with Gasteiger partial charge in [-0.15, -0.1) is 0 Å². The largest absolute Gasteiger partial charge is 0.497 e. The normalized spacial score (nSPS) is 14.0. The van der Waals surface area contributed by atoms with Gasteiger partial charge < -0.3 is 19.7 Å². The van der Waals surface area contributed by atoms with E-state index in [-0.39, 0.29) is 29.1 Å². The van der Waals surface area contributed by atoms with Crippen LogP contribution in [0, 0.1) is 6.92 Å². The minimum absolute atomic E-state index is 0.0527. The zero-order chi connectivity index (χ0) is 34.8. The molecule has 0 aromatic heterocycles. The van der Waals surface area contributed by atoms with Crippen LogP contribution in [-0.2, 0) is 26.2 Å². The highest BCUT2D eigenvalue weighted by Crippen LogP contribution is 2.29. The molecule has 0 aliphatic heterocycles. The first-order chi connectivity index (χ1) is 23.7. The van der Waals surface area contributed by atoms with Gasteiger partial charge in [0.05, 0.1) is 17.7 Å². The third kappa shape index (κ3) is 9.20. The monoisotopic (exact) mass is 683 g/mol. The second-order valence-corrected chi connectivity index (χ2v) is 14.2. The fourth-order valence-corrected chi connectivity index (χ4v) is 7.52. The van der Waals surface area contributed by atoms with Crippen molar-refractivity contribution in [1.29, 1.82) is 0 Å². The molecule has 9 nitrogen and oxygen atoms in total. The van der Waals surface area contributed by atoms with Gasteiger partial charge in [-0.05, 0) is 92.4 Å². The molecule has 4 aromatic carbocycles. The maximum atomic E-state index is 14.5. The Hall–Kier alpha value is -4.83. The summed E-state index contributed by atoms with van der Waals surface area (Å²) in [5.41, 5.74) is 1.95. The van der Waals surface area contributed by atoms with Crippen molar-refractivity contribution >= 4 is 27.5 Å². The predicted molar refractivity (Wildman–Crippen MR) is 191 cm³/mol. The smallest absolute Gasteiger partial charge is 0.264 e. The zero-order valence-electron chi connectivity index (χ0n) is 28.4. The number of benzene rings is 4. The van der Waals surface area contributed by atoms with E-state index in [0.717, 1.165) is 47.5 Å². The molecule has 5 rings (SSSR count). The Kier molecular flexibility index (Phi) is 12.0. The molecule has 0 heterocycles. The number of anilines is 1. The van der Waals surface area contributed by atoms with Crippen LogP contribution in [-0.4, -0.2) is 50.9 Å². The maximum absolute atomic E-state index is 14.5. The maximum Gasteiger partial charge on any atom is 0.264 e. The topological polar surface area (TPSA) is 105 Å². The van der Waals surface area contributed by atoms with Crippen molar-refractivity contribution in [3.63, 3.8) is 0 Å². The van der Waals surface area contributed by atoms with E-state index in [9.17, 15) is 18.0 Å². The minimum atomic E-state index is -4.21. The summed E-state index contributed by atoms with van der Waals surface area (Å²) in [7, 11) is -2.64. The number of carbonyl (C=O) groups excluding carboxylic acids is 2. The number of rotatable bonds is 14. The molecule has 1 aliphatic carbocycles. The molecule has 1 unspecified atom stereocenters. The molecule has 49 heavy (non-hydrogen) atoms. The number of hydrogen-bond donors (Lipinski definition) is 1. The number of sulfonamides is 1. The fraction of sp³-hybridized carbons (Fsp3) is 0.333. The van der Waals surface area contributed by atoms with Crippen LogP contribution in [0.1, 0.15) is 56.6 Å². The summed E-state index contributed by atoms with van der Waals surface area (Å²) in [5.74, 6) is 1.03. The summed E-state index contributed by atoms with van der Waals surface area (Å²) in [6, 6.07) is 28.9. The van der Waals surface area contributed by atoms with Crippen LogP contribution >= 0.6 is 0 Å². The molecular formula is C39H45N3O6S. The predicted octanol–water partition coefficient (Wildman–Crippen LogP) is 7.25. The van der Waals surface area contributed by atoms with Gasteiger partial charge in [0.25, 0.3) is 10.0 Å². The molecule has 4 aromatic rings. The lowest BCUT2D eigenvalue weighted by Gasteiger charge is -2.34. The molecule has 10 heteroatoms. The first kappa shape index (κ1) is 35.5. The molecule has 0 bridgehead atoms. The van der Waals surface area contributed by atoms with Crippen molar-refractivity contribution in [2.75, 3.05) is 18.0 Å². The Balaban J connectivity index is 1.49. The van der Waals surface area contributed by atoms with E-state index in [1.807, 2.05) is 68.4 Å². The van der Waals surface area contributed by atoms with Crippen LogP contribution in [0.4, 0.5) is 5.69 Å². The number of hydrogen-bond acceptors (Lipinski definition) is 6. The number of methoxy groups -OCH3 is 1. The number of nitrogens with zero attached hydrogens (tertiary/aromatic N) is 2. The molecule has 1 saturated carbocycles. The third-order valence-electron chi connectivity index (χ3n) is 8.82. The SMILES string of the molecule is CCC(C(=O)NC1CCCCC1)N(Cc1cccc(OC)c1)C(=O)CN(c1ccc(Oc2ccccc2)cc1)S(=O)(=O)c1ccc(C)cc1. The molecule has 1 aliphatic rings. The lowest BCUT2D eigenvalue weighted by atomic mass is 9.95. The Morgan fingerprint density at radius 1 is 0.837 bits per heavy atom. The van der Waals surface area contributed by atoms with Crippen LogP contribution in [0.3, 0.4) is 0 Å². The molecule has 0 radical (unpaired) electrons. The van der Waals surface area contributed by atoms with Gasteiger partial charge in [-0.3, -0.25) is 13.9 Å². The van der Waals surface area contributed by atoms with E-state index in [1.54, 1.807) is 43.5 Å². The lowest BCUT2D eigenvalue weighted by molar-refractivity contribution is -0.140. The van der Waals surface area contributed by atoms with Crippen LogP contribution in [0.2, 0.25) is 0 Å². The van der Waals surface area contributed by atoms with Crippen molar-refractivity contribution in [1.82, 2.24) is 10.2 Å². The van der Waals surface area contributed by atoms with Crippen LogP contribution in [0.25, 0.3) is 0 Å². The Labute approximate surface area is 289 Å². The summed E-state index contributed by atoms with van der Waals surface area (Å²) in [5, 5.41) is 3.18. The van der Waals surface area contributed by atoms with E-state index >= 15 is 0 Å². The average molecular weight is 684 g/mol. The minimum Gasteiger partial charge on any atom is -0.497 e. The molecule has 0 spiro atoms. The van der Waals surface area contributed by atoms with Gasteiger partial charge in [-0.1, -0.05) is 74.2 Å². The highest BCUT2D eigenvalue weighted by atomic mass is 32.2. The first-order valence-corrected chi connectivity index (χ1v) is 18.3. The molecular weight excluding hydrogens is 639 g/mol. The fourth-order valence-electron chi connectivity index (χ4n) is 6.10. The molecule has 2 amide bonds. The molecule has 0 saturated heterocycles. The Morgan fingerprint density at radius 3 is 2.14 bits per heavy atom. The Morgan fingerprint density at radius 2 is 1.49 bits per heavy atom. The second-order valence-electron chi connectivity index (χ2n) is 12.4. The van der Waals surface area contributed by atoms with Gasteiger partial charge in [0, 0.05) is 12.6 Å². The van der Waals surface area contributed by atoms with E-state index in [4.69, 9.17) is 9.47 Å². The van der Waals surface area contributed by atoms with Crippen LogP contribution < -0.4 is 19.1 Å². The average Bonchev–Trinajstić information content (AvgIpc) is 3.12. The van der Waals surface area contributed by atoms with E-state index in [2.05, 4.69) is 5.32 Å². The molecule has 258 valence electrons. The van der Waals surface area contributed by atoms with Gasteiger partial charge in [-0.2, -0.15) is 0 Å². The van der Waals surface area contributed by atoms with E-state index in [1.165, 1.54) is 17.0 Å². The highest BCUT2D eigenvalue weighted by molar-refractivity contribution is 7.92. The highest BCUT2D eigenvalue weighted by Gasteiger charge is 2.34. The van der Waals surface area contributed by atoms with Gasteiger partial charge in [0.2, 0.25) is 11.8 Å². The van der Waals surface area contributed by atoms with Gasteiger partial charge in [0.15, 0.2) is 0 Å². The first-order valence-electron chi connectivity index (χ1n) is 16.8. The van der Waals surface area contributed by atoms with Crippen LogP contribution in [0.5, 0.6) is 17.2 Å². The number of amides is 2. The summed E-state index contributed by atoms with van der Waals surface area (Å²) in [4.78, 5) is 29.9. The summed E-state index contributed by atoms with van der Waals surface area (Å²) >= 11 is 0. The lowest BCUT2D eigenvalue weighted by Crippen LogP contribution is -2.54. The van der Waals surface area contributed by atoms with E-state index < -0.39 is 28.5 Å². The summed E-state index contributed by atoms with van der Waals surface area (Å²) in [6.07, 6.45) is 5.40. The quantitative estimate of drug-likeness (QED) is 0.150. The van der Waals surface area contributed by atoms with Gasteiger partial charge in [0.1, 0.15) is 29.8 Å². The summed E-state index contributed by atoms with van der Waals surface area (Å²) < 4.78 is 41.0. The summed E-state index contributed by atoms with van der Waals surface area (Å²) in [6.45, 7) is 3.31. The standard InChI is InChI=1S/C39H45N3O6S/c1-4-37(39(44)40-31-13-7-5-8-14-31)41(27-30-12-11-17-35(26-30)47-3)38(43)28-42(49(45,46)36-24-18-29(2)19-25-36)32-20-22-34(23-21-32)48-33-15-9-6-10-16-33/h6,9-12,15-26,31,37H,4-5,7-8,13-14,27-28H2,1-3H3,(H,40,44). The van der Waals surface area contributed by atoms with Crippen molar-refractivity contribution in [2.45, 2.75) is 75.9 Å². The third-order valence-corrected chi connectivity index (χ3v) is 10.6. The van der Waals surface area contributed by atoms with Crippen molar-refractivity contribution in [2.24, 2.45) is 0 Å². The van der Waals surface area contributed by atoms with Crippen LogP contribution in [0.15, 0.2) is 108 Å². The number of ether oxygens (including phenoxy) is 2. The number of nitrogens with one attached hydrogen (secondary N) is 1. The Bertz CT molecular complexity index is 1790. The second kappa shape index (κ2) is 16.5. The van der Waals surface area contributed by atoms with Crippen molar-refractivity contribution in [3.05, 3.63) is 114 Å². The van der Waals surface area contributed by atoms with E-state index in [0.29, 0.717) is 23.7 Å². The zero-order valence-corrected chi connectivity index (χ0v) is 29.2. The molecule has 1 fully saturated rings. The molecule has 1 atom stereocenters. The van der Waals surface area contributed by atoms with Crippen molar-refractivity contribution in [3.8, 4) is 17.2 Å². The van der Waals surface area contributed by atoms with Gasteiger partial charge >= 0.3 is 0 Å². The molecule has 1 N–H and O–H groups in total. The number of aryl methyl sites for hydroxylation is 1. The number of carbonyl (C=O) groups is 2. The van der Waals surface area contributed by atoms with Crippen molar-refractivity contribution < 1.29 is 27.5 Å². The number of para-hydroxylation sites is 1.